The number of aliphatic imine (C=N–C) groups is 1. The summed E-state index contributed by atoms with van der Waals surface area (Å²) in [5.41, 5.74) is 1.58. The van der Waals surface area contributed by atoms with Gasteiger partial charge in [-0.25, -0.2) is 4.99 Å². The van der Waals surface area contributed by atoms with E-state index in [0.29, 0.717) is 5.92 Å². The van der Waals surface area contributed by atoms with Crippen molar-refractivity contribution in [1.29, 1.82) is 0 Å². The summed E-state index contributed by atoms with van der Waals surface area (Å²) < 4.78 is 0. The van der Waals surface area contributed by atoms with Crippen LogP contribution in [0.3, 0.4) is 0 Å². The summed E-state index contributed by atoms with van der Waals surface area (Å²) in [7, 11) is 3.51. The molecule has 0 unspecified atom stereocenters. The number of hydrogen-bond acceptors (Lipinski definition) is 2. The molecule has 1 aliphatic rings. The van der Waals surface area contributed by atoms with Crippen LogP contribution in [0.25, 0.3) is 0 Å². The molecular formula is C20H32N4O. The second-order valence-corrected chi connectivity index (χ2v) is 7.58. The van der Waals surface area contributed by atoms with Crippen LogP contribution in [0.15, 0.2) is 35.3 Å². The van der Waals surface area contributed by atoms with Crippen molar-refractivity contribution in [3.8, 4) is 0 Å². The molecule has 138 valence electrons. The van der Waals surface area contributed by atoms with E-state index in [1.165, 1.54) is 24.8 Å². The van der Waals surface area contributed by atoms with Crippen LogP contribution in [0.2, 0.25) is 0 Å². The minimum absolute atomic E-state index is 0.00654. The van der Waals surface area contributed by atoms with Gasteiger partial charge in [0.15, 0.2) is 5.96 Å². The molecule has 1 aromatic rings. The standard InChI is InChI=1S/C20H32N4O/c1-16(2)13-21-19(22-14-18(25)24(3)4)23-15-20(11-8-12-20)17-9-6-5-7-10-17/h5-7,9-10,16H,8,11-15H2,1-4H3,(H2,21,22,23). The van der Waals surface area contributed by atoms with Crippen molar-refractivity contribution >= 4 is 11.9 Å². The van der Waals surface area contributed by atoms with E-state index >= 15 is 0 Å². The quantitative estimate of drug-likeness (QED) is 0.590. The molecule has 5 heteroatoms. The maximum Gasteiger partial charge on any atom is 0.243 e. The first-order valence-electron chi connectivity index (χ1n) is 9.21. The Labute approximate surface area is 151 Å². The van der Waals surface area contributed by atoms with Gasteiger partial charge in [0, 0.05) is 32.6 Å². The monoisotopic (exact) mass is 344 g/mol. The molecule has 0 bridgehead atoms. The lowest BCUT2D eigenvalue weighted by Crippen LogP contribution is -2.49. The average molecular weight is 345 g/mol. The third-order valence-corrected chi connectivity index (χ3v) is 4.84. The maximum atomic E-state index is 11.8. The smallest absolute Gasteiger partial charge is 0.243 e. The molecule has 1 amide bonds. The zero-order chi connectivity index (χ0) is 18.3. The fraction of sp³-hybridized carbons (Fsp3) is 0.600. The van der Waals surface area contributed by atoms with Gasteiger partial charge in [0.2, 0.25) is 5.91 Å². The highest BCUT2D eigenvalue weighted by Crippen LogP contribution is 2.43. The number of amides is 1. The molecule has 1 aromatic carbocycles. The summed E-state index contributed by atoms with van der Waals surface area (Å²) in [5, 5.41) is 6.83. The van der Waals surface area contributed by atoms with Gasteiger partial charge in [-0.2, -0.15) is 0 Å². The zero-order valence-corrected chi connectivity index (χ0v) is 16.0. The molecule has 0 aromatic heterocycles. The molecule has 0 spiro atoms. The Morgan fingerprint density at radius 2 is 1.88 bits per heavy atom. The molecule has 1 aliphatic carbocycles. The molecule has 1 fully saturated rings. The summed E-state index contributed by atoms with van der Waals surface area (Å²) in [5.74, 6) is 1.25. The highest BCUT2D eigenvalue weighted by Gasteiger charge is 2.38. The van der Waals surface area contributed by atoms with Crippen LogP contribution in [0, 0.1) is 5.92 Å². The predicted octanol–water partition coefficient (Wildman–Crippen LogP) is 2.39. The molecule has 0 saturated heterocycles. The molecule has 2 rings (SSSR count). The fourth-order valence-corrected chi connectivity index (χ4v) is 2.98. The molecule has 25 heavy (non-hydrogen) atoms. The van der Waals surface area contributed by atoms with Crippen molar-refractivity contribution in [3.05, 3.63) is 35.9 Å². The Morgan fingerprint density at radius 1 is 1.20 bits per heavy atom. The Morgan fingerprint density at radius 3 is 2.40 bits per heavy atom. The van der Waals surface area contributed by atoms with Gasteiger partial charge in [-0.05, 0) is 24.3 Å². The van der Waals surface area contributed by atoms with Crippen molar-refractivity contribution in [2.75, 3.05) is 33.7 Å². The first-order chi connectivity index (χ1) is 11.9. The van der Waals surface area contributed by atoms with E-state index in [1.54, 1.807) is 19.0 Å². The van der Waals surface area contributed by atoms with Crippen molar-refractivity contribution < 1.29 is 4.79 Å². The van der Waals surface area contributed by atoms with E-state index in [-0.39, 0.29) is 17.9 Å². The van der Waals surface area contributed by atoms with Crippen LogP contribution in [-0.2, 0) is 10.2 Å². The lowest BCUT2D eigenvalue weighted by Gasteiger charge is -2.43. The maximum absolute atomic E-state index is 11.8. The normalized spacial score (nSPS) is 16.3. The number of hydrogen-bond donors (Lipinski definition) is 2. The lowest BCUT2D eigenvalue weighted by atomic mass is 9.64. The third-order valence-electron chi connectivity index (χ3n) is 4.84. The number of carbonyl (C=O) groups excluding carboxylic acids is 1. The second kappa shape index (κ2) is 8.88. The van der Waals surface area contributed by atoms with Gasteiger partial charge in [-0.1, -0.05) is 50.6 Å². The molecular weight excluding hydrogens is 312 g/mol. The molecule has 0 atom stereocenters. The Balaban J connectivity index is 2.02. The number of likely N-dealkylation sites (N-methyl/N-ethyl adjacent to an activating group) is 1. The SMILES string of the molecule is CC(C)CNC(=NCC(=O)N(C)C)NCC1(c2ccccc2)CCC1. The van der Waals surface area contributed by atoms with Crippen LogP contribution < -0.4 is 10.6 Å². The summed E-state index contributed by atoms with van der Waals surface area (Å²) in [6.07, 6.45) is 3.65. The highest BCUT2D eigenvalue weighted by atomic mass is 16.2. The molecule has 1 saturated carbocycles. The van der Waals surface area contributed by atoms with E-state index in [9.17, 15) is 4.79 Å². The third kappa shape index (κ3) is 5.48. The topological polar surface area (TPSA) is 56.7 Å². The largest absolute Gasteiger partial charge is 0.356 e. The molecule has 5 nitrogen and oxygen atoms in total. The molecule has 0 aliphatic heterocycles. The van der Waals surface area contributed by atoms with Crippen molar-refractivity contribution in [2.24, 2.45) is 10.9 Å². The van der Waals surface area contributed by atoms with E-state index in [2.05, 4.69) is 59.8 Å². The molecule has 0 heterocycles. The van der Waals surface area contributed by atoms with Gasteiger partial charge < -0.3 is 15.5 Å². The minimum atomic E-state index is 0.00654. The summed E-state index contributed by atoms with van der Waals surface area (Å²) in [4.78, 5) is 17.9. The van der Waals surface area contributed by atoms with Crippen LogP contribution in [0.4, 0.5) is 0 Å². The van der Waals surface area contributed by atoms with Crippen LogP contribution in [0.1, 0.15) is 38.7 Å². The first-order valence-corrected chi connectivity index (χ1v) is 9.21. The van der Waals surface area contributed by atoms with Gasteiger partial charge in [0.25, 0.3) is 0 Å². The molecule has 2 N–H and O–H groups in total. The van der Waals surface area contributed by atoms with Crippen molar-refractivity contribution in [3.63, 3.8) is 0 Å². The summed E-state index contributed by atoms with van der Waals surface area (Å²) in [6.45, 7) is 6.16. The summed E-state index contributed by atoms with van der Waals surface area (Å²) in [6, 6.07) is 10.7. The van der Waals surface area contributed by atoms with E-state index in [0.717, 1.165) is 19.0 Å². The van der Waals surface area contributed by atoms with Crippen LogP contribution in [-0.4, -0.2) is 50.5 Å². The lowest BCUT2D eigenvalue weighted by molar-refractivity contribution is -0.127. The number of rotatable bonds is 7. The van der Waals surface area contributed by atoms with Crippen molar-refractivity contribution in [2.45, 2.75) is 38.5 Å². The average Bonchev–Trinajstić information content (AvgIpc) is 2.55. The second-order valence-electron chi connectivity index (χ2n) is 7.58. The predicted molar refractivity (Wildman–Crippen MR) is 104 cm³/mol. The number of guanidine groups is 1. The van der Waals surface area contributed by atoms with E-state index in [4.69, 9.17) is 0 Å². The van der Waals surface area contributed by atoms with Crippen LogP contribution in [0.5, 0.6) is 0 Å². The van der Waals surface area contributed by atoms with Crippen molar-refractivity contribution in [1.82, 2.24) is 15.5 Å². The van der Waals surface area contributed by atoms with Gasteiger partial charge in [0.05, 0.1) is 0 Å². The number of carbonyl (C=O) groups is 1. The number of nitrogens with zero attached hydrogens (tertiary/aromatic N) is 2. The zero-order valence-electron chi connectivity index (χ0n) is 16.0. The van der Waals surface area contributed by atoms with Gasteiger partial charge in [0.1, 0.15) is 6.54 Å². The molecule has 0 radical (unpaired) electrons. The Bertz CT molecular complexity index is 577. The Hall–Kier alpha value is -2.04. The minimum Gasteiger partial charge on any atom is -0.356 e. The first kappa shape index (κ1) is 19.3. The van der Waals surface area contributed by atoms with Gasteiger partial charge in [-0.15, -0.1) is 0 Å². The number of benzene rings is 1. The fourth-order valence-electron chi connectivity index (χ4n) is 2.98. The highest BCUT2D eigenvalue weighted by molar-refractivity contribution is 5.84. The van der Waals surface area contributed by atoms with Gasteiger partial charge in [-0.3, -0.25) is 4.79 Å². The Kier molecular flexibility index (Phi) is 6.85. The van der Waals surface area contributed by atoms with E-state index < -0.39 is 0 Å². The van der Waals surface area contributed by atoms with Crippen LogP contribution >= 0.6 is 0 Å². The van der Waals surface area contributed by atoms with E-state index in [1.807, 2.05) is 0 Å². The summed E-state index contributed by atoms with van der Waals surface area (Å²) >= 11 is 0. The number of nitrogens with one attached hydrogen (secondary N) is 2. The van der Waals surface area contributed by atoms with Gasteiger partial charge >= 0.3 is 0 Å².